The van der Waals surface area contributed by atoms with Gasteiger partial charge in [0, 0.05) is 5.39 Å². The maximum absolute atomic E-state index is 13.5. The highest BCUT2D eigenvalue weighted by Crippen LogP contribution is 2.22. The van der Waals surface area contributed by atoms with E-state index in [1.165, 1.54) is 17.8 Å². The third-order valence-corrected chi connectivity index (χ3v) is 3.56. The van der Waals surface area contributed by atoms with Crippen LogP contribution in [0.2, 0.25) is 0 Å². The Balaban J connectivity index is 0.000000647. The van der Waals surface area contributed by atoms with Gasteiger partial charge in [0.1, 0.15) is 17.2 Å². The molecule has 0 aliphatic rings. The van der Waals surface area contributed by atoms with Crippen LogP contribution in [0.15, 0.2) is 23.4 Å². The maximum atomic E-state index is 13.5. The van der Waals surface area contributed by atoms with E-state index in [0.29, 0.717) is 22.2 Å². The van der Waals surface area contributed by atoms with Crippen LogP contribution in [0.1, 0.15) is 5.82 Å². The summed E-state index contributed by atoms with van der Waals surface area (Å²) in [5.41, 5.74) is 0.269. The predicted octanol–water partition coefficient (Wildman–Crippen LogP) is 1.56. The fraction of sp³-hybridized carbons (Fsp3) is 0.154. The van der Waals surface area contributed by atoms with Gasteiger partial charge in [-0.1, -0.05) is 17.8 Å². The van der Waals surface area contributed by atoms with Gasteiger partial charge in [0.15, 0.2) is 5.82 Å². The highest BCUT2D eigenvalue weighted by atomic mass is 32.2. The molecule has 1 aromatic carbocycles. The number of aromatic amines is 2. The second kappa shape index (κ2) is 8.06. The molecule has 0 fully saturated rings. The van der Waals surface area contributed by atoms with Crippen LogP contribution in [-0.4, -0.2) is 48.6 Å². The summed E-state index contributed by atoms with van der Waals surface area (Å²) >= 11 is 1.20. The Bertz CT molecular complexity index is 849. The van der Waals surface area contributed by atoms with Gasteiger partial charge in [-0.15, -0.1) is 5.10 Å². The van der Waals surface area contributed by atoms with Crippen LogP contribution in [0.4, 0.5) is 10.2 Å². The quantitative estimate of drug-likeness (QED) is 0.413. The first kappa shape index (κ1) is 17.4. The number of halogens is 1. The summed E-state index contributed by atoms with van der Waals surface area (Å²) in [5.74, 6) is 0.458. The molecule has 0 bridgehead atoms. The van der Waals surface area contributed by atoms with Crippen LogP contribution >= 0.6 is 11.8 Å². The summed E-state index contributed by atoms with van der Waals surface area (Å²) in [7, 11) is 0. The summed E-state index contributed by atoms with van der Waals surface area (Å²) < 4.78 is 13.5. The summed E-state index contributed by atoms with van der Waals surface area (Å²) in [6.45, 7) is 1.53. The van der Waals surface area contributed by atoms with Gasteiger partial charge in [-0.05, 0) is 19.1 Å². The number of amides is 1. The van der Waals surface area contributed by atoms with E-state index in [9.17, 15) is 9.18 Å². The smallest absolute Gasteiger partial charge is 0.290 e. The highest BCUT2D eigenvalue weighted by Gasteiger charge is 2.12. The van der Waals surface area contributed by atoms with Crippen molar-refractivity contribution in [2.24, 2.45) is 0 Å². The van der Waals surface area contributed by atoms with Crippen LogP contribution in [0.3, 0.4) is 0 Å². The van der Waals surface area contributed by atoms with E-state index in [1.807, 2.05) is 0 Å². The standard InChI is InChI=1S/C12H11FN6OS.CH2O2/c1-6-14-12(19-16-6)21-5-9(20)15-11-7-3-2-4-8(13)10(7)17-18-11;2-1-3/h2-4H,5H2,1H3,(H,14,16,19)(H2,15,17,18,20);1H,(H,2,3). The van der Waals surface area contributed by atoms with Crippen molar-refractivity contribution in [1.29, 1.82) is 0 Å². The van der Waals surface area contributed by atoms with Crippen molar-refractivity contribution in [3.8, 4) is 0 Å². The fourth-order valence-corrected chi connectivity index (χ4v) is 2.43. The lowest BCUT2D eigenvalue weighted by molar-refractivity contribution is -0.123. The molecule has 2 aromatic heterocycles. The third-order valence-electron chi connectivity index (χ3n) is 2.72. The van der Waals surface area contributed by atoms with Gasteiger partial charge in [-0.2, -0.15) is 5.10 Å². The molecule has 0 saturated heterocycles. The molecule has 9 nitrogen and oxygen atoms in total. The highest BCUT2D eigenvalue weighted by molar-refractivity contribution is 7.99. The molecule has 0 radical (unpaired) electrons. The van der Waals surface area contributed by atoms with Crippen LogP contribution in [-0.2, 0) is 9.59 Å². The molecular weight excluding hydrogens is 339 g/mol. The van der Waals surface area contributed by atoms with Crippen LogP contribution in [0.5, 0.6) is 0 Å². The Morgan fingerprint density at radius 1 is 1.42 bits per heavy atom. The Kier molecular flexibility index (Phi) is 5.84. The van der Waals surface area contributed by atoms with Gasteiger partial charge >= 0.3 is 0 Å². The number of anilines is 1. The number of H-pyrrole nitrogens is 2. The number of carboxylic acid groups (broad SMARTS) is 1. The summed E-state index contributed by atoms with van der Waals surface area (Å²) in [6, 6.07) is 4.57. The van der Waals surface area contributed by atoms with Gasteiger partial charge in [0.2, 0.25) is 11.1 Å². The number of aromatic nitrogens is 5. The van der Waals surface area contributed by atoms with E-state index in [0.717, 1.165) is 0 Å². The molecule has 0 saturated carbocycles. The Labute approximate surface area is 139 Å². The number of rotatable bonds is 4. The zero-order chi connectivity index (χ0) is 17.5. The average molecular weight is 352 g/mol. The number of aryl methyl sites for hydroxylation is 1. The van der Waals surface area contributed by atoms with E-state index in [1.54, 1.807) is 19.1 Å². The second-order valence-corrected chi connectivity index (χ2v) is 5.32. The number of nitrogens with one attached hydrogen (secondary N) is 3. The van der Waals surface area contributed by atoms with Crippen molar-refractivity contribution in [1.82, 2.24) is 25.4 Å². The summed E-state index contributed by atoms with van der Waals surface area (Å²) in [4.78, 5) is 24.3. The molecule has 3 aromatic rings. The predicted molar refractivity (Wildman–Crippen MR) is 85.2 cm³/mol. The van der Waals surface area contributed by atoms with Crippen molar-refractivity contribution in [3.63, 3.8) is 0 Å². The molecule has 24 heavy (non-hydrogen) atoms. The molecule has 0 aliphatic heterocycles. The normalized spacial score (nSPS) is 10.1. The van der Waals surface area contributed by atoms with E-state index in [4.69, 9.17) is 9.90 Å². The fourth-order valence-electron chi connectivity index (χ4n) is 1.79. The number of fused-ring (bicyclic) bond motifs is 1. The van der Waals surface area contributed by atoms with Gasteiger partial charge in [-0.25, -0.2) is 9.37 Å². The number of carbonyl (C=O) groups excluding carboxylic acids is 1. The van der Waals surface area contributed by atoms with E-state index >= 15 is 0 Å². The largest absolute Gasteiger partial charge is 0.483 e. The van der Waals surface area contributed by atoms with Gasteiger partial charge in [-0.3, -0.25) is 19.8 Å². The molecule has 0 unspecified atom stereocenters. The molecule has 0 spiro atoms. The lowest BCUT2D eigenvalue weighted by atomic mass is 10.2. The number of hydrogen-bond acceptors (Lipinski definition) is 6. The minimum absolute atomic E-state index is 0.140. The molecule has 3 rings (SSSR count). The maximum Gasteiger partial charge on any atom is 0.290 e. The number of thioether (sulfide) groups is 1. The average Bonchev–Trinajstić information content (AvgIpc) is 3.14. The number of hydrogen-bond donors (Lipinski definition) is 4. The first-order valence-electron chi connectivity index (χ1n) is 6.57. The minimum atomic E-state index is -0.411. The van der Waals surface area contributed by atoms with Crippen molar-refractivity contribution in [3.05, 3.63) is 29.8 Å². The molecule has 0 aliphatic carbocycles. The third kappa shape index (κ3) is 4.29. The Morgan fingerprint density at radius 2 is 2.17 bits per heavy atom. The zero-order valence-corrected chi connectivity index (χ0v) is 13.2. The molecule has 1 amide bonds. The number of carbonyl (C=O) groups is 2. The van der Waals surface area contributed by atoms with Gasteiger partial charge in [0.05, 0.1) is 5.75 Å². The Morgan fingerprint density at radius 3 is 2.83 bits per heavy atom. The van der Waals surface area contributed by atoms with Crippen LogP contribution in [0.25, 0.3) is 10.9 Å². The number of para-hydroxylation sites is 1. The second-order valence-electron chi connectivity index (χ2n) is 4.38. The van der Waals surface area contributed by atoms with Crippen LogP contribution in [0, 0.1) is 12.7 Å². The monoisotopic (exact) mass is 352 g/mol. The molecule has 11 heteroatoms. The molecule has 0 atom stereocenters. The summed E-state index contributed by atoms with van der Waals surface area (Å²) in [5, 5.41) is 23.6. The number of nitrogens with zero attached hydrogens (tertiary/aromatic N) is 3. The topological polar surface area (TPSA) is 137 Å². The molecule has 4 N–H and O–H groups in total. The minimum Gasteiger partial charge on any atom is -0.483 e. The van der Waals surface area contributed by atoms with Crippen molar-refractivity contribution in [2.75, 3.05) is 11.1 Å². The zero-order valence-electron chi connectivity index (χ0n) is 12.4. The molecule has 126 valence electrons. The SMILES string of the molecule is Cc1nc(SCC(=O)Nc2n[nH]c3c(F)cccc23)n[nH]1.O=CO. The van der Waals surface area contributed by atoms with E-state index < -0.39 is 5.82 Å². The number of benzene rings is 1. The van der Waals surface area contributed by atoms with Crippen molar-refractivity contribution >= 4 is 40.9 Å². The lowest BCUT2D eigenvalue weighted by Gasteiger charge is -2.00. The Hall–Kier alpha value is -2.95. The molecule has 2 heterocycles. The summed E-state index contributed by atoms with van der Waals surface area (Å²) in [6.07, 6.45) is 0. The van der Waals surface area contributed by atoms with Crippen molar-refractivity contribution < 1.29 is 19.1 Å². The van der Waals surface area contributed by atoms with Crippen molar-refractivity contribution in [2.45, 2.75) is 12.1 Å². The first-order valence-corrected chi connectivity index (χ1v) is 7.55. The van der Waals surface area contributed by atoms with Crippen LogP contribution < -0.4 is 5.32 Å². The van der Waals surface area contributed by atoms with Gasteiger partial charge in [0.25, 0.3) is 6.47 Å². The molecular formula is C13H13FN6O3S. The lowest BCUT2D eigenvalue weighted by Crippen LogP contribution is -2.14. The van der Waals surface area contributed by atoms with E-state index in [2.05, 4.69) is 30.7 Å². The van der Waals surface area contributed by atoms with Gasteiger partial charge < -0.3 is 10.4 Å². The van der Waals surface area contributed by atoms with E-state index in [-0.39, 0.29) is 23.6 Å². The first-order chi connectivity index (χ1) is 11.5.